The van der Waals surface area contributed by atoms with Crippen molar-refractivity contribution in [2.24, 2.45) is 0 Å². The second-order valence-electron chi connectivity index (χ2n) is 4.56. The van der Waals surface area contributed by atoms with E-state index in [9.17, 15) is 4.79 Å². The van der Waals surface area contributed by atoms with Crippen molar-refractivity contribution in [3.05, 3.63) is 29.3 Å². The highest BCUT2D eigenvalue weighted by Gasteiger charge is 2.12. The van der Waals surface area contributed by atoms with Gasteiger partial charge < -0.3 is 18.9 Å². The summed E-state index contributed by atoms with van der Waals surface area (Å²) in [4.78, 5) is 11.8. The van der Waals surface area contributed by atoms with Crippen LogP contribution in [0.3, 0.4) is 0 Å². The molecule has 0 unspecified atom stereocenters. The molecule has 0 N–H and O–H groups in total. The summed E-state index contributed by atoms with van der Waals surface area (Å²) >= 11 is 0. The normalized spacial score (nSPS) is 10.8. The molecule has 0 spiro atoms. The van der Waals surface area contributed by atoms with Gasteiger partial charge in [0.1, 0.15) is 18.2 Å². The van der Waals surface area contributed by atoms with E-state index in [2.05, 4.69) is 0 Å². The van der Waals surface area contributed by atoms with E-state index in [1.165, 1.54) is 13.2 Å². The van der Waals surface area contributed by atoms with E-state index in [1.54, 1.807) is 25.3 Å². The predicted octanol–water partition coefficient (Wildman–Crippen LogP) is 2.58. The highest BCUT2D eigenvalue weighted by atomic mass is 16.6. The fourth-order valence-electron chi connectivity index (χ4n) is 1.71. The summed E-state index contributed by atoms with van der Waals surface area (Å²) in [5, 5.41) is 9.12. The van der Waals surface area contributed by atoms with Gasteiger partial charge in [-0.15, -0.1) is 0 Å². The molecule has 124 valence electrons. The third kappa shape index (κ3) is 6.01. The van der Waals surface area contributed by atoms with Crippen LogP contribution in [0.5, 0.6) is 11.5 Å². The molecule has 0 saturated carbocycles. The Morgan fingerprint density at radius 2 is 2.00 bits per heavy atom. The minimum Gasteiger partial charge on any atom is -0.493 e. The van der Waals surface area contributed by atoms with E-state index in [0.717, 1.165) is 6.42 Å². The Balaban J connectivity index is 2.94. The number of esters is 1. The van der Waals surface area contributed by atoms with Crippen molar-refractivity contribution in [3.63, 3.8) is 0 Å². The highest BCUT2D eigenvalue weighted by molar-refractivity contribution is 5.97. The van der Waals surface area contributed by atoms with Crippen molar-refractivity contribution in [3.8, 4) is 17.6 Å². The Labute approximate surface area is 136 Å². The molecule has 1 aromatic rings. The Bertz CT molecular complexity index is 589. The van der Waals surface area contributed by atoms with Crippen molar-refractivity contribution >= 4 is 12.0 Å². The molecule has 6 nitrogen and oxygen atoms in total. The Hall–Kier alpha value is -2.52. The van der Waals surface area contributed by atoms with Crippen LogP contribution in [-0.4, -0.2) is 40.0 Å². The summed E-state index contributed by atoms with van der Waals surface area (Å²) in [6.45, 7) is 2.93. The van der Waals surface area contributed by atoms with Crippen LogP contribution in [0.25, 0.3) is 6.08 Å². The number of rotatable bonds is 9. The molecule has 0 aromatic heterocycles. The predicted molar refractivity (Wildman–Crippen MR) is 85.2 cm³/mol. The largest absolute Gasteiger partial charge is 0.493 e. The third-order valence-electron chi connectivity index (χ3n) is 2.82. The molecule has 0 heterocycles. The van der Waals surface area contributed by atoms with Gasteiger partial charge in [-0.3, -0.25) is 0 Å². The van der Waals surface area contributed by atoms with Gasteiger partial charge in [0.15, 0.2) is 11.5 Å². The van der Waals surface area contributed by atoms with Gasteiger partial charge in [-0.05, 0) is 30.2 Å². The molecule has 1 aromatic carbocycles. The van der Waals surface area contributed by atoms with Gasteiger partial charge in [0.25, 0.3) is 0 Å². The lowest BCUT2D eigenvalue weighted by atomic mass is 10.1. The molecular weight excluding hydrogens is 298 g/mol. The van der Waals surface area contributed by atoms with Gasteiger partial charge >= 0.3 is 5.97 Å². The second-order valence-corrected chi connectivity index (χ2v) is 4.56. The smallest absolute Gasteiger partial charge is 0.348 e. The molecule has 0 aliphatic carbocycles. The summed E-state index contributed by atoms with van der Waals surface area (Å²) < 4.78 is 20.6. The fraction of sp³-hybridized carbons (Fsp3) is 0.412. The number of ether oxygens (including phenoxy) is 4. The minimum atomic E-state index is -0.684. The number of carbonyl (C=O) groups is 1. The van der Waals surface area contributed by atoms with Crippen molar-refractivity contribution in [1.82, 2.24) is 0 Å². The van der Waals surface area contributed by atoms with E-state index in [0.29, 0.717) is 23.7 Å². The summed E-state index contributed by atoms with van der Waals surface area (Å²) in [5.74, 6) is 0.473. The monoisotopic (exact) mass is 319 g/mol. The van der Waals surface area contributed by atoms with Gasteiger partial charge in [-0.1, -0.05) is 13.0 Å². The maximum Gasteiger partial charge on any atom is 0.348 e. The number of hydrogen-bond acceptors (Lipinski definition) is 6. The Morgan fingerprint density at radius 3 is 2.61 bits per heavy atom. The molecule has 0 radical (unpaired) electrons. The lowest BCUT2D eigenvalue weighted by Gasteiger charge is -2.10. The first-order valence-corrected chi connectivity index (χ1v) is 7.25. The zero-order valence-corrected chi connectivity index (χ0v) is 13.6. The Morgan fingerprint density at radius 1 is 1.22 bits per heavy atom. The molecule has 0 bridgehead atoms. The maximum atomic E-state index is 11.8. The molecule has 0 aliphatic heterocycles. The molecule has 23 heavy (non-hydrogen) atoms. The number of carbonyl (C=O) groups excluding carboxylic acids is 1. The van der Waals surface area contributed by atoms with E-state index in [-0.39, 0.29) is 18.8 Å². The zero-order valence-electron chi connectivity index (χ0n) is 13.6. The van der Waals surface area contributed by atoms with Crippen LogP contribution in [0.2, 0.25) is 0 Å². The fourth-order valence-corrected chi connectivity index (χ4v) is 1.71. The highest BCUT2D eigenvalue weighted by Crippen LogP contribution is 2.29. The van der Waals surface area contributed by atoms with Gasteiger partial charge in [-0.25, -0.2) is 4.79 Å². The number of hydrogen-bond donors (Lipinski definition) is 0. The topological polar surface area (TPSA) is 77.8 Å². The molecule has 0 aliphatic rings. The first kappa shape index (κ1) is 18.5. The van der Waals surface area contributed by atoms with Crippen molar-refractivity contribution < 1.29 is 23.7 Å². The van der Waals surface area contributed by atoms with Gasteiger partial charge in [0.2, 0.25) is 0 Å². The van der Waals surface area contributed by atoms with Gasteiger partial charge in [0.05, 0.1) is 20.3 Å². The summed E-state index contributed by atoms with van der Waals surface area (Å²) in [7, 11) is 3.06. The van der Waals surface area contributed by atoms with E-state index in [4.69, 9.17) is 24.2 Å². The minimum absolute atomic E-state index is 0.0901. The Kier molecular flexibility index (Phi) is 8.25. The molecule has 1 rings (SSSR count). The zero-order chi connectivity index (χ0) is 17.1. The van der Waals surface area contributed by atoms with Crippen LogP contribution < -0.4 is 9.47 Å². The van der Waals surface area contributed by atoms with Gasteiger partial charge in [-0.2, -0.15) is 5.26 Å². The summed E-state index contributed by atoms with van der Waals surface area (Å²) in [6.07, 6.45) is 2.31. The number of benzene rings is 1. The van der Waals surface area contributed by atoms with Gasteiger partial charge in [0, 0.05) is 7.11 Å². The lowest BCUT2D eigenvalue weighted by Crippen LogP contribution is -2.11. The summed E-state index contributed by atoms with van der Waals surface area (Å²) in [5.41, 5.74) is 0.560. The SMILES string of the molecule is CCCOc1cc(/C=C(\C#N)C(=O)OCCOC)ccc1OC. The number of nitriles is 1. The lowest BCUT2D eigenvalue weighted by molar-refractivity contribution is -0.139. The van der Waals surface area contributed by atoms with E-state index < -0.39 is 5.97 Å². The quantitative estimate of drug-likeness (QED) is 0.301. The third-order valence-corrected chi connectivity index (χ3v) is 2.82. The maximum absolute atomic E-state index is 11.8. The molecule has 0 saturated heterocycles. The van der Waals surface area contributed by atoms with Crippen LogP contribution in [0.1, 0.15) is 18.9 Å². The first-order chi connectivity index (χ1) is 11.2. The number of methoxy groups -OCH3 is 2. The number of nitrogens with zero attached hydrogens (tertiary/aromatic N) is 1. The van der Waals surface area contributed by atoms with Crippen LogP contribution >= 0.6 is 0 Å². The van der Waals surface area contributed by atoms with Crippen LogP contribution in [0.4, 0.5) is 0 Å². The van der Waals surface area contributed by atoms with E-state index in [1.807, 2.05) is 13.0 Å². The van der Waals surface area contributed by atoms with E-state index >= 15 is 0 Å². The molecule has 6 heteroatoms. The summed E-state index contributed by atoms with van der Waals surface area (Å²) in [6, 6.07) is 7.02. The average Bonchev–Trinajstić information content (AvgIpc) is 2.57. The van der Waals surface area contributed by atoms with Crippen molar-refractivity contribution in [2.75, 3.05) is 34.0 Å². The van der Waals surface area contributed by atoms with Crippen LogP contribution in [0, 0.1) is 11.3 Å². The first-order valence-electron chi connectivity index (χ1n) is 7.25. The average molecular weight is 319 g/mol. The molecule has 0 atom stereocenters. The van der Waals surface area contributed by atoms with Crippen LogP contribution in [-0.2, 0) is 14.3 Å². The van der Waals surface area contributed by atoms with Crippen LogP contribution in [0.15, 0.2) is 23.8 Å². The molecular formula is C17H21NO5. The van der Waals surface area contributed by atoms with Crippen molar-refractivity contribution in [1.29, 1.82) is 5.26 Å². The standard InChI is InChI=1S/C17H21NO5/c1-4-7-22-16-11-13(5-6-15(16)21-3)10-14(12-18)17(19)23-9-8-20-2/h5-6,10-11H,4,7-9H2,1-3H3/b14-10+. The van der Waals surface area contributed by atoms with Crippen molar-refractivity contribution in [2.45, 2.75) is 13.3 Å². The second kappa shape index (κ2) is 10.2. The molecule has 0 fully saturated rings. The molecule has 0 amide bonds.